The smallest absolute Gasteiger partial charge is 0.329 e. The number of hydrogen-bond donors (Lipinski definition) is 3. The van der Waals surface area contributed by atoms with E-state index >= 15 is 0 Å². The minimum atomic E-state index is -1.02. The van der Waals surface area contributed by atoms with Crippen molar-refractivity contribution in [2.24, 2.45) is 11.8 Å². The molecule has 0 radical (unpaired) electrons. The van der Waals surface area contributed by atoms with Gasteiger partial charge < -0.3 is 20.3 Å². The standard InChI is InChI=1S/C35H41ClN2O4/c1-23(22-42-31-13-18-37-32-28(31)10-3-5-12-30(32)39)19-25-20-24-7-2-4-11-29(24)34(25)14-16-35(17-15-34,33(40)41)38-27-9-6-8-26(36)21-27/h2,4,6-9,11,13,18,21,23,25,30,38-39H,3,5,10,12,14-17,19-20,22H2,1H3,(H,40,41)/t23-,25?,30?,34?,35?/m1/s1. The first-order chi connectivity index (χ1) is 20.3. The number of aliphatic carboxylic acids is 1. The minimum Gasteiger partial charge on any atom is -0.493 e. The van der Waals surface area contributed by atoms with Gasteiger partial charge in [-0.05, 0) is 110 Å². The largest absolute Gasteiger partial charge is 0.493 e. The molecule has 0 bridgehead atoms. The summed E-state index contributed by atoms with van der Waals surface area (Å²) in [5, 5.41) is 24.9. The van der Waals surface area contributed by atoms with Crippen molar-refractivity contribution in [3.8, 4) is 5.75 Å². The molecule has 3 atom stereocenters. The van der Waals surface area contributed by atoms with Crippen LogP contribution in [-0.4, -0.2) is 33.3 Å². The quantitative estimate of drug-likeness (QED) is 0.236. The summed E-state index contributed by atoms with van der Waals surface area (Å²) in [6.07, 6.45) is 9.67. The number of nitrogens with zero attached hydrogens (tertiary/aromatic N) is 1. The number of anilines is 1. The Hall–Kier alpha value is -3.09. The SMILES string of the molecule is C[C@@H](COc1ccnc2c1CCCCC2O)CC1Cc2ccccc2C12CCC(Nc1cccc(Cl)c1)(C(=O)O)CC2. The van der Waals surface area contributed by atoms with E-state index in [-0.39, 0.29) is 5.41 Å². The monoisotopic (exact) mass is 588 g/mol. The van der Waals surface area contributed by atoms with Gasteiger partial charge in [0.25, 0.3) is 0 Å². The molecule has 6 nitrogen and oxygen atoms in total. The summed E-state index contributed by atoms with van der Waals surface area (Å²) in [7, 11) is 0. The molecule has 3 aliphatic rings. The second-order valence-electron chi connectivity index (χ2n) is 12.8. The van der Waals surface area contributed by atoms with Crippen LogP contribution in [0.2, 0.25) is 5.02 Å². The number of halogens is 1. The highest BCUT2D eigenvalue weighted by molar-refractivity contribution is 6.30. The molecule has 1 spiro atoms. The molecule has 3 aliphatic carbocycles. The molecule has 2 unspecified atom stereocenters. The number of carbonyl (C=O) groups is 1. The maximum atomic E-state index is 12.7. The van der Waals surface area contributed by atoms with Crippen molar-refractivity contribution < 1.29 is 19.7 Å². The van der Waals surface area contributed by atoms with Crippen molar-refractivity contribution >= 4 is 23.3 Å². The molecule has 0 saturated heterocycles. The van der Waals surface area contributed by atoms with Crippen molar-refractivity contribution in [3.63, 3.8) is 0 Å². The Kier molecular flexibility index (Phi) is 8.21. The zero-order valence-corrected chi connectivity index (χ0v) is 25.1. The number of hydrogen-bond acceptors (Lipinski definition) is 5. The molecule has 7 heteroatoms. The number of benzene rings is 2. The zero-order chi connectivity index (χ0) is 29.3. The lowest BCUT2D eigenvalue weighted by Crippen LogP contribution is -2.53. The van der Waals surface area contributed by atoms with Crippen LogP contribution in [0.25, 0.3) is 0 Å². The second-order valence-corrected chi connectivity index (χ2v) is 13.3. The van der Waals surface area contributed by atoms with Gasteiger partial charge in [0.05, 0.1) is 18.4 Å². The topological polar surface area (TPSA) is 91.7 Å². The predicted octanol–water partition coefficient (Wildman–Crippen LogP) is 7.52. The van der Waals surface area contributed by atoms with E-state index in [1.807, 2.05) is 18.2 Å². The lowest BCUT2D eigenvalue weighted by atomic mass is 9.59. The average molecular weight is 589 g/mol. The van der Waals surface area contributed by atoms with Gasteiger partial charge in [0.15, 0.2) is 0 Å². The minimum absolute atomic E-state index is 0.0440. The van der Waals surface area contributed by atoms with Crippen LogP contribution in [0, 0.1) is 11.8 Å². The predicted molar refractivity (Wildman–Crippen MR) is 165 cm³/mol. The first-order valence-electron chi connectivity index (χ1n) is 15.4. The number of nitrogens with one attached hydrogen (secondary N) is 1. The van der Waals surface area contributed by atoms with Gasteiger partial charge in [-0.2, -0.15) is 0 Å². The van der Waals surface area contributed by atoms with Gasteiger partial charge in [0.1, 0.15) is 11.3 Å². The summed E-state index contributed by atoms with van der Waals surface area (Å²) in [4.78, 5) is 17.2. The highest BCUT2D eigenvalue weighted by Gasteiger charge is 2.54. The van der Waals surface area contributed by atoms with Crippen molar-refractivity contribution in [1.82, 2.24) is 4.98 Å². The van der Waals surface area contributed by atoms with E-state index in [4.69, 9.17) is 16.3 Å². The number of pyridine rings is 1. The Morgan fingerprint density at radius 2 is 1.93 bits per heavy atom. The molecule has 3 N–H and O–H groups in total. The third kappa shape index (κ3) is 5.51. The fourth-order valence-corrected chi connectivity index (χ4v) is 8.12. The Morgan fingerprint density at radius 3 is 2.71 bits per heavy atom. The number of aliphatic hydroxyl groups is 1. The Bertz CT molecular complexity index is 1430. The highest BCUT2D eigenvalue weighted by Crippen LogP contribution is 2.56. The van der Waals surface area contributed by atoms with Gasteiger partial charge in [-0.15, -0.1) is 0 Å². The number of carboxylic acid groups (broad SMARTS) is 1. The van der Waals surface area contributed by atoms with Crippen LogP contribution < -0.4 is 10.1 Å². The van der Waals surface area contributed by atoms with Crippen molar-refractivity contribution in [1.29, 1.82) is 0 Å². The normalized spacial score (nSPS) is 27.5. The van der Waals surface area contributed by atoms with Crippen LogP contribution in [0.5, 0.6) is 5.75 Å². The fraction of sp³-hybridized carbons (Fsp3) is 0.486. The number of carboxylic acids is 1. The van der Waals surface area contributed by atoms with Crippen LogP contribution in [0.15, 0.2) is 60.8 Å². The molecular weight excluding hydrogens is 548 g/mol. The molecule has 2 aromatic carbocycles. The van der Waals surface area contributed by atoms with Gasteiger partial charge in [-0.1, -0.05) is 55.3 Å². The van der Waals surface area contributed by atoms with E-state index in [2.05, 4.69) is 41.5 Å². The summed E-state index contributed by atoms with van der Waals surface area (Å²) in [6.45, 7) is 2.86. The Morgan fingerprint density at radius 1 is 1.12 bits per heavy atom. The number of rotatable bonds is 8. The fourth-order valence-electron chi connectivity index (χ4n) is 7.93. The van der Waals surface area contributed by atoms with E-state index in [9.17, 15) is 15.0 Å². The molecule has 222 valence electrons. The van der Waals surface area contributed by atoms with E-state index in [0.29, 0.717) is 36.3 Å². The summed E-state index contributed by atoms with van der Waals surface area (Å²) in [5.41, 5.74) is 4.32. The van der Waals surface area contributed by atoms with Crippen molar-refractivity contribution in [3.05, 3.63) is 88.2 Å². The zero-order valence-electron chi connectivity index (χ0n) is 24.3. The van der Waals surface area contributed by atoms with Gasteiger partial charge >= 0.3 is 5.97 Å². The lowest BCUT2D eigenvalue weighted by Gasteiger charge is -2.47. The molecule has 3 aromatic rings. The van der Waals surface area contributed by atoms with Crippen LogP contribution in [0.4, 0.5) is 5.69 Å². The first-order valence-corrected chi connectivity index (χ1v) is 15.8. The summed E-state index contributed by atoms with van der Waals surface area (Å²) < 4.78 is 6.42. The molecule has 1 fully saturated rings. The second kappa shape index (κ2) is 11.9. The van der Waals surface area contributed by atoms with E-state index in [1.165, 1.54) is 11.1 Å². The summed E-state index contributed by atoms with van der Waals surface area (Å²) in [5.74, 6) is 0.788. The van der Waals surface area contributed by atoms with E-state index in [0.717, 1.165) is 74.1 Å². The molecule has 1 saturated carbocycles. The number of ether oxygens (including phenoxy) is 1. The van der Waals surface area contributed by atoms with Crippen LogP contribution >= 0.6 is 11.6 Å². The maximum Gasteiger partial charge on any atom is 0.329 e. The number of fused-ring (bicyclic) bond motifs is 3. The third-order valence-electron chi connectivity index (χ3n) is 10.1. The van der Waals surface area contributed by atoms with Gasteiger partial charge in [-0.25, -0.2) is 4.79 Å². The molecular formula is C35H41ClN2O4. The van der Waals surface area contributed by atoms with Gasteiger partial charge in [0.2, 0.25) is 0 Å². The van der Waals surface area contributed by atoms with Crippen LogP contribution in [0.3, 0.4) is 0 Å². The Balaban J connectivity index is 1.18. The first kappa shape index (κ1) is 29.0. The van der Waals surface area contributed by atoms with Crippen LogP contribution in [-0.2, 0) is 23.1 Å². The van der Waals surface area contributed by atoms with E-state index in [1.54, 1.807) is 18.3 Å². The molecule has 6 rings (SSSR count). The van der Waals surface area contributed by atoms with Gasteiger partial charge in [-0.3, -0.25) is 4.98 Å². The molecule has 0 amide bonds. The molecule has 42 heavy (non-hydrogen) atoms. The Labute approximate surface area is 253 Å². The average Bonchev–Trinajstić information content (AvgIpc) is 3.13. The van der Waals surface area contributed by atoms with E-state index < -0.39 is 17.6 Å². The third-order valence-corrected chi connectivity index (χ3v) is 10.4. The van der Waals surface area contributed by atoms with Crippen molar-refractivity contribution in [2.75, 3.05) is 11.9 Å². The molecule has 0 aliphatic heterocycles. The highest BCUT2D eigenvalue weighted by atomic mass is 35.5. The van der Waals surface area contributed by atoms with Crippen LogP contribution in [0.1, 0.15) is 86.8 Å². The molecule has 1 aromatic heterocycles. The number of aromatic nitrogens is 1. The van der Waals surface area contributed by atoms with Gasteiger partial charge in [0, 0.05) is 22.5 Å². The molecule has 1 heterocycles. The summed E-state index contributed by atoms with van der Waals surface area (Å²) >= 11 is 6.21. The lowest BCUT2D eigenvalue weighted by molar-refractivity contribution is -0.144. The maximum absolute atomic E-state index is 12.7. The number of aliphatic hydroxyl groups excluding tert-OH is 1. The summed E-state index contributed by atoms with van der Waals surface area (Å²) in [6, 6.07) is 18.0. The van der Waals surface area contributed by atoms with Crippen molar-refractivity contribution in [2.45, 2.75) is 88.2 Å².